The van der Waals surface area contributed by atoms with Crippen LogP contribution in [0.3, 0.4) is 0 Å². The van der Waals surface area contributed by atoms with E-state index in [-0.39, 0.29) is 12.0 Å². The van der Waals surface area contributed by atoms with Crippen LogP contribution in [0.4, 0.5) is 0 Å². The second-order valence-electron chi connectivity index (χ2n) is 5.46. The number of aliphatic hydroxyl groups is 1. The van der Waals surface area contributed by atoms with Crippen molar-refractivity contribution < 1.29 is 9.90 Å². The van der Waals surface area contributed by atoms with Gasteiger partial charge in [0.2, 0.25) is 0 Å². The highest BCUT2D eigenvalue weighted by Gasteiger charge is 2.24. The number of halogens is 1. The molecule has 1 unspecified atom stereocenters. The lowest BCUT2D eigenvalue weighted by atomic mass is 9.92. The molecule has 0 aromatic heterocycles. The third-order valence-electron chi connectivity index (χ3n) is 4.01. The molecule has 1 aromatic carbocycles. The number of benzene rings is 1. The van der Waals surface area contributed by atoms with Crippen molar-refractivity contribution in [3.05, 3.63) is 33.4 Å². The lowest BCUT2D eigenvalue weighted by molar-refractivity contribution is -0.120. The van der Waals surface area contributed by atoms with Crippen molar-refractivity contribution in [2.45, 2.75) is 38.2 Å². The fourth-order valence-electron chi connectivity index (χ4n) is 2.69. The van der Waals surface area contributed by atoms with Gasteiger partial charge in [0, 0.05) is 29.6 Å². The van der Waals surface area contributed by atoms with Crippen LogP contribution in [0.25, 0.3) is 0 Å². The van der Waals surface area contributed by atoms with E-state index >= 15 is 0 Å². The van der Waals surface area contributed by atoms with Crippen LogP contribution in [0.2, 0.25) is 0 Å². The van der Waals surface area contributed by atoms with Crippen LogP contribution in [0.1, 0.15) is 37.7 Å². The molecule has 1 heterocycles. The summed E-state index contributed by atoms with van der Waals surface area (Å²) >= 11 is 2.28. The van der Waals surface area contributed by atoms with Crippen molar-refractivity contribution in [1.29, 1.82) is 0 Å². The van der Waals surface area contributed by atoms with Gasteiger partial charge in [-0.2, -0.15) is 0 Å². The SMILES string of the molecule is CCC(=O)C(CN1CCC(O)CC1)c1ccc(I)cc1. The first-order valence-corrected chi connectivity index (χ1v) is 8.36. The molecule has 1 aliphatic heterocycles. The maximum atomic E-state index is 12.3. The monoisotopic (exact) mass is 387 g/mol. The Balaban J connectivity index is 2.08. The molecule has 0 radical (unpaired) electrons. The largest absolute Gasteiger partial charge is 0.393 e. The minimum absolute atomic E-state index is 0.0350. The Bertz CT molecular complexity index is 438. The zero-order chi connectivity index (χ0) is 14.5. The average Bonchev–Trinajstić information content (AvgIpc) is 2.47. The maximum absolute atomic E-state index is 12.3. The number of nitrogens with zero attached hydrogens (tertiary/aromatic N) is 1. The molecule has 20 heavy (non-hydrogen) atoms. The summed E-state index contributed by atoms with van der Waals surface area (Å²) in [6.07, 6.45) is 2.05. The highest BCUT2D eigenvalue weighted by molar-refractivity contribution is 14.1. The molecule has 1 N–H and O–H groups in total. The first-order chi connectivity index (χ1) is 9.60. The molecule has 1 aliphatic rings. The van der Waals surface area contributed by atoms with E-state index in [1.165, 1.54) is 3.57 Å². The molecule has 110 valence electrons. The van der Waals surface area contributed by atoms with E-state index in [2.05, 4.69) is 51.8 Å². The smallest absolute Gasteiger partial charge is 0.141 e. The van der Waals surface area contributed by atoms with Crippen LogP contribution >= 0.6 is 22.6 Å². The number of piperidine rings is 1. The summed E-state index contributed by atoms with van der Waals surface area (Å²) in [6.45, 7) is 4.49. The molecular formula is C16H22INO2. The van der Waals surface area contributed by atoms with E-state index in [1.807, 2.05) is 6.92 Å². The Labute approximate surface area is 134 Å². The van der Waals surface area contributed by atoms with Crippen LogP contribution < -0.4 is 0 Å². The summed E-state index contributed by atoms with van der Waals surface area (Å²) in [5, 5.41) is 9.57. The van der Waals surface area contributed by atoms with Crippen molar-refractivity contribution in [2.24, 2.45) is 0 Å². The van der Waals surface area contributed by atoms with Gasteiger partial charge in [-0.3, -0.25) is 4.79 Å². The molecule has 2 rings (SSSR count). The Morgan fingerprint density at radius 1 is 1.35 bits per heavy atom. The van der Waals surface area contributed by atoms with E-state index in [0.717, 1.165) is 38.0 Å². The van der Waals surface area contributed by atoms with Gasteiger partial charge >= 0.3 is 0 Å². The summed E-state index contributed by atoms with van der Waals surface area (Å²) in [7, 11) is 0. The molecule has 0 amide bonds. The van der Waals surface area contributed by atoms with Gasteiger partial charge in [-0.25, -0.2) is 0 Å². The molecule has 4 heteroatoms. The van der Waals surface area contributed by atoms with Gasteiger partial charge in [-0.15, -0.1) is 0 Å². The van der Waals surface area contributed by atoms with Gasteiger partial charge in [-0.05, 0) is 53.1 Å². The molecule has 1 saturated heterocycles. The molecule has 0 saturated carbocycles. The lowest BCUT2D eigenvalue weighted by Gasteiger charge is -2.32. The first kappa shape index (κ1) is 15.9. The quantitative estimate of drug-likeness (QED) is 0.791. The number of hydrogen-bond acceptors (Lipinski definition) is 3. The van der Waals surface area contributed by atoms with Crippen LogP contribution in [0.5, 0.6) is 0 Å². The summed E-state index contributed by atoms with van der Waals surface area (Å²) in [5.41, 5.74) is 1.11. The van der Waals surface area contributed by atoms with Gasteiger partial charge in [0.1, 0.15) is 5.78 Å². The van der Waals surface area contributed by atoms with E-state index < -0.39 is 0 Å². The predicted molar refractivity (Wildman–Crippen MR) is 88.9 cm³/mol. The highest BCUT2D eigenvalue weighted by atomic mass is 127. The van der Waals surface area contributed by atoms with E-state index in [0.29, 0.717) is 12.2 Å². The van der Waals surface area contributed by atoms with Crippen molar-refractivity contribution in [3.8, 4) is 0 Å². The molecule has 0 bridgehead atoms. The normalized spacial score (nSPS) is 18.9. The van der Waals surface area contributed by atoms with Gasteiger partial charge in [-0.1, -0.05) is 19.1 Å². The van der Waals surface area contributed by atoms with Crippen LogP contribution in [-0.2, 0) is 4.79 Å². The molecule has 1 atom stereocenters. The Kier molecular flexibility index (Phi) is 5.99. The Morgan fingerprint density at radius 2 is 1.95 bits per heavy atom. The number of ketones is 1. The van der Waals surface area contributed by atoms with E-state index in [1.54, 1.807) is 0 Å². The minimum atomic E-state index is -0.162. The summed E-state index contributed by atoms with van der Waals surface area (Å²) in [5.74, 6) is 0.268. The second kappa shape index (κ2) is 7.52. The zero-order valence-corrected chi connectivity index (χ0v) is 14.0. The topological polar surface area (TPSA) is 40.5 Å². The predicted octanol–water partition coefficient (Wildman–Crippen LogP) is 2.81. The van der Waals surface area contributed by atoms with E-state index in [9.17, 15) is 9.90 Å². The van der Waals surface area contributed by atoms with Crippen LogP contribution in [0.15, 0.2) is 24.3 Å². The standard InChI is InChI=1S/C16H22INO2/c1-2-16(20)15(12-3-5-13(17)6-4-12)11-18-9-7-14(19)8-10-18/h3-6,14-15,19H,2,7-11H2,1H3. The van der Waals surface area contributed by atoms with E-state index in [4.69, 9.17) is 0 Å². The van der Waals surface area contributed by atoms with Crippen LogP contribution in [0, 0.1) is 3.57 Å². The van der Waals surface area contributed by atoms with Crippen molar-refractivity contribution in [1.82, 2.24) is 4.90 Å². The minimum Gasteiger partial charge on any atom is -0.393 e. The molecule has 1 aromatic rings. The van der Waals surface area contributed by atoms with Crippen molar-refractivity contribution in [3.63, 3.8) is 0 Å². The number of rotatable bonds is 5. The van der Waals surface area contributed by atoms with Gasteiger partial charge in [0.05, 0.1) is 12.0 Å². The van der Waals surface area contributed by atoms with Gasteiger partial charge in [0.25, 0.3) is 0 Å². The maximum Gasteiger partial charge on any atom is 0.141 e. The van der Waals surface area contributed by atoms with Gasteiger partial charge < -0.3 is 10.0 Å². The third-order valence-corrected chi connectivity index (χ3v) is 4.73. The van der Waals surface area contributed by atoms with Crippen molar-refractivity contribution >= 4 is 28.4 Å². The number of Topliss-reactive ketones (excluding diaryl/α,β-unsaturated/α-hetero) is 1. The van der Waals surface area contributed by atoms with Gasteiger partial charge in [0.15, 0.2) is 0 Å². The number of likely N-dealkylation sites (tertiary alicyclic amines) is 1. The molecule has 3 nitrogen and oxygen atoms in total. The Morgan fingerprint density at radius 3 is 2.50 bits per heavy atom. The highest BCUT2D eigenvalue weighted by Crippen LogP contribution is 2.23. The Hall–Kier alpha value is -0.460. The first-order valence-electron chi connectivity index (χ1n) is 7.28. The molecule has 1 fully saturated rings. The number of hydrogen-bond donors (Lipinski definition) is 1. The summed E-state index contributed by atoms with van der Waals surface area (Å²) in [4.78, 5) is 14.6. The molecular weight excluding hydrogens is 365 g/mol. The lowest BCUT2D eigenvalue weighted by Crippen LogP contribution is -2.39. The fraction of sp³-hybridized carbons (Fsp3) is 0.562. The number of aliphatic hydroxyl groups excluding tert-OH is 1. The zero-order valence-electron chi connectivity index (χ0n) is 11.9. The summed E-state index contributed by atoms with van der Waals surface area (Å²) in [6, 6.07) is 8.26. The molecule has 0 aliphatic carbocycles. The number of carbonyl (C=O) groups is 1. The summed E-state index contributed by atoms with van der Waals surface area (Å²) < 4.78 is 1.19. The van der Waals surface area contributed by atoms with Crippen molar-refractivity contribution in [2.75, 3.05) is 19.6 Å². The molecule has 0 spiro atoms. The fourth-order valence-corrected chi connectivity index (χ4v) is 3.05. The average molecular weight is 387 g/mol. The van der Waals surface area contributed by atoms with Crippen LogP contribution in [-0.4, -0.2) is 41.5 Å². The second-order valence-corrected chi connectivity index (χ2v) is 6.70. The number of carbonyl (C=O) groups excluding carboxylic acids is 1. The third kappa shape index (κ3) is 4.27.